The Bertz CT molecular complexity index is 714. The van der Waals surface area contributed by atoms with E-state index in [-0.39, 0.29) is 5.91 Å². The average Bonchev–Trinajstić information content (AvgIpc) is 2.92. The summed E-state index contributed by atoms with van der Waals surface area (Å²) >= 11 is 0. The number of hydrogen-bond acceptors (Lipinski definition) is 4. The second-order valence-electron chi connectivity index (χ2n) is 5.43. The number of nitrogens with zero attached hydrogens (tertiary/aromatic N) is 3. The van der Waals surface area contributed by atoms with Gasteiger partial charge >= 0.3 is 0 Å². The number of aromatic nitrogens is 2. The van der Waals surface area contributed by atoms with Crippen LogP contribution in [0.3, 0.4) is 0 Å². The molecule has 1 N–H and O–H groups in total. The normalized spacial score (nSPS) is 10.2. The summed E-state index contributed by atoms with van der Waals surface area (Å²) in [6.45, 7) is 4.92. The van der Waals surface area contributed by atoms with Crippen LogP contribution in [-0.4, -0.2) is 22.3 Å². The minimum atomic E-state index is -0.0676. The zero-order valence-electron chi connectivity index (χ0n) is 14.1. The Morgan fingerprint density at radius 1 is 1.38 bits per heavy atom. The van der Waals surface area contributed by atoms with E-state index >= 15 is 0 Å². The molecule has 0 atom stereocenters. The van der Waals surface area contributed by atoms with Crippen molar-refractivity contribution >= 4 is 11.7 Å². The number of hydrogen-bond donors (Lipinski definition) is 1. The molecule has 1 aromatic heterocycles. The van der Waals surface area contributed by atoms with Crippen molar-refractivity contribution in [2.24, 2.45) is 0 Å². The van der Waals surface area contributed by atoms with Crippen molar-refractivity contribution in [3.63, 3.8) is 0 Å². The molecule has 126 valence electrons. The van der Waals surface area contributed by atoms with Crippen LogP contribution < -0.4 is 10.1 Å². The lowest BCUT2D eigenvalue weighted by atomic mass is 10.1. The monoisotopic (exact) mass is 326 g/mol. The zero-order valence-corrected chi connectivity index (χ0v) is 14.1. The number of aryl methyl sites for hydroxylation is 3. The van der Waals surface area contributed by atoms with Gasteiger partial charge in [0.25, 0.3) is 0 Å². The first-order valence-electron chi connectivity index (χ1n) is 8.05. The van der Waals surface area contributed by atoms with Gasteiger partial charge in [-0.3, -0.25) is 4.79 Å². The Hall–Kier alpha value is -2.81. The smallest absolute Gasteiger partial charge is 0.225 e. The topological polar surface area (TPSA) is 79.9 Å². The predicted molar refractivity (Wildman–Crippen MR) is 91.8 cm³/mol. The second kappa shape index (κ2) is 8.73. The third-order valence-electron chi connectivity index (χ3n) is 3.48. The van der Waals surface area contributed by atoms with Gasteiger partial charge in [-0.15, -0.1) is 0 Å². The van der Waals surface area contributed by atoms with Crippen LogP contribution in [0.25, 0.3) is 0 Å². The van der Waals surface area contributed by atoms with Crippen molar-refractivity contribution in [1.29, 1.82) is 5.26 Å². The number of carbonyl (C=O) groups excluding carboxylic acids is 1. The summed E-state index contributed by atoms with van der Waals surface area (Å²) in [6, 6.07) is 11.7. The lowest BCUT2D eigenvalue weighted by Crippen LogP contribution is -2.16. The van der Waals surface area contributed by atoms with E-state index in [1.54, 1.807) is 4.68 Å². The molecule has 2 aromatic rings. The van der Waals surface area contributed by atoms with Crippen molar-refractivity contribution in [1.82, 2.24) is 9.78 Å². The number of carbonyl (C=O) groups is 1. The first kappa shape index (κ1) is 17.5. The predicted octanol–water partition coefficient (Wildman–Crippen LogP) is 3.08. The molecule has 0 aliphatic heterocycles. The van der Waals surface area contributed by atoms with Gasteiger partial charge in [0.05, 0.1) is 31.3 Å². The van der Waals surface area contributed by atoms with Gasteiger partial charge in [0.1, 0.15) is 11.6 Å². The number of ether oxygens (including phenoxy) is 1. The fourth-order valence-electron chi connectivity index (χ4n) is 2.35. The van der Waals surface area contributed by atoms with Crippen molar-refractivity contribution in [3.8, 4) is 11.8 Å². The van der Waals surface area contributed by atoms with E-state index in [0.29, 0.717) is 38.2 Å². The summed E-state index contributed by atoms with van der Waals surface area (Å²) in [5, 5.41) is 15.8. The zero-order chi connectivity index (χ0) is 17.4. The number of benzene rings is 1. The SMILES string of the molecule is CCOc1ccc(CCC(=O)Nc2cc(C)nn2CCC#N)cc1. The van der Waals surface area contributed by atoms with Crippen LogP contribution in [0.15, 0.2) is 30.3 Å². The summed E-state index contributed by atoms with van der Waals surface area (Å²) in [4.78, 5) is 12.1. The first-order chi connectivity index (χ1) is 11.6. The van der Waals surface area contributed by atoms with E-state index in [0.717, 1.165) is 17.0 Å². The molecule has 0 aliphatic carbocycles. The Morgan fingerprint density at radius 2 is 2.12 bits per heavy atom. The molecule has 0 spiro atoms. The molecule has 0 bridgehead atoms. The molecule has 0 radical (unpaired) electrons. The van der Waals surface area contributed by atoms with E-state index in [1.807, 2.05) is 44.2 Å². The van der Waals surface area contributed by atoms with Crippen molar-refractivity contribution in [2.75, 3.05) is 11.9 Å². The molecule has 1 aromatic carbocycles. The number of nitriles is 1. The van der Waals surface area contributed by atoms with Crippen LogP contribution in [-0.2, 0) is 17.8 Å². The highest BCUT2D eigenvalue weighted by Crippen LogP contribution is 2.15. The molecule has 0 aliphatic rings. The third kappa shape index (κ3) is 5.13. The fraction of sp³-hybridized carbons (Fsp3) is 0.389. The van der Waals surface area contributed by atoms with Crippen molar-refractivity contribution < 1.29 is 9.53 Å². The summed E-state index contributed by atoms with van der Waals surface area (Å²) in [7, 11) is 0. The lowest BCUT2D eigenvalue weighted by molar-refractivity contribution is -0.116. The van der Waals surface area contributed by atoms with Crippen LogP contribution in [0.5, 0.6) is 5.75 Å². The minimum absolute atomic E-state index is 0.0676. The molecule has 0 fully saturated rings. The Balaban J connectivity index is 1.88. The quantitative estimate of drug-likeness (QED) is 0.808. The van der Waals surface area contributed by atoms with Gasteiger partial charge < -0.3 is 10.1 Å². The van der Waals surface area contributed by atoms with Gasteiger partial charge in [-0.1, -0.05) is 12.1 Å². The van der Waals surface area contributed by atoms with E-state index in [4.69, 9.17) is 10.00 Å². The summed E-state index contributed by atoms with van der Waals surface area (Å²) < 4.78 is 7.06. The first-order valence-corrected chi connectivity index (χ1v) is 8.05. The molecule has 6 heteroatoms. The molecule has 6 nitrogen and oxygen atoms in total. The highest BCUT2D eigenvalue weighted by molar-refractivity contribution is 5.90. The standard InChI is InChI=1S/C18H22N4O2/c1-3-24-16-8-5-15(6-9-16)7-10-18(23)20-17-13-14(2)21-22(17)12-4-11-19/h5-6,8-9,13H,3-4,7,10,12H2,1-2H3,(H,20,23). The molecular formula is C18H22N4O2. The molecule has 0 saturated heterocycles. The number of rotatable bonds is 8. The molecular weight excluding hydrogens is 304 g/mol. The summed E-state index contributed by atoms with van der Waals surface area (Å²) in [5.74, 6) is 1.41. The van der Waals surface area contributed by atoms with E-state index in [2.05, 4.69) is 16.5 Å². The van der Waals surface area contributed by atoms with Gasteiger partial charge in [0, 0.05) is 12.5 Å². The van der Waals surface area contributed by atoms with E-state index < -0.39 is 0 Å². The van der Waals surface area contributed by atoms with Crippen LogP contribution in [0.1, 0.15) is 31.0 Å². The van der Waals surface area contributed by atoms with Crippen LogP contribution in [0.4, 0.5) is 5.82 Å². The highest BCUT2D eigenvalue weighted by atomic mass is 16.5. The number of amides is 1. The van der Waals surface area contributed by atoms with Gasteiger partial charge in [-0.2, -0.15) is 10.4 Å². The third-order valence-corrected chi connectivity index (χ3v) is 3.48. The van der Waals surface area contributed by atoms with Crippen molar-refractivity contribution in [3.05, 3.63) is 41.6 Å². The van der Waals surface area contributed by atoms with Crippen LogP contribution in [0, 0.1) is 18.3 Å². The van der Waals surface area contributed by atoms with Gasteiger partial charge in [0.2, 0.25) is 5.91 Å². The summed E-state index contributed by atoms with van der Waals surface area (Å²) in [6.07, 6.45) is 1.40. The fourth-order valence-corrected chi connectivity index (χ4v) is 2.35. The number of nitrogens with one attached hydrogen (secondary N) is 1. The highest BCUT2D eigenvalue weighted by Gasteiger charge is 2.09. The molecule has 0 unspecified atom stereocenters. The largest absolute Gasteiger partial charge is 0.494 e. The maximum atomic E-state index is 12.1. The molecule has 0 saturated carbocycles. The maximum absolute atomic E-state index is 12.1. The Morgan fingerprint density at radius 3 is 2.79 bits per heavy atom. The second-order valence-corrected chi connectivity index (χ2v) is 5.43. The van der Waals surface area contributed by atoms with E-state index in [9.17, 15) is 4.79 Å². The van der Waals surface area contributed by atoms with Gasteiger partial charge in [-0.05, 0) is 38.0 Å². The molecule has 2 rings (SSSR count). The van der Waals surface area contributed by atoms with Crippen molar-refractivity contribution in [2.45, 2.75) is 39.7 Å². The lowest BCUT2D eigenvalue weighted by Gasteiger charge is -2.08. The van der Waals surface area contributed by atoms with Gasteiger partial charge in [-0.25, -0.2) is 4.68 Å². The van der Waals surface area contributed by atoms with Gasteiger partial charge in [0.15, 0.2) is 0 Å². The molecule has 1 heterocycles. The van der Waals surface area contributed by atoms with Crippen LogP contribution in [0.2, 0.25) is 0 Å². The van der Waals surface area contributed by atoms with E-state index in [1.165, 1.54) is 0 Å². The molecule has 1 amide bonds. The Labute approximate surface area is 142 Å². The van der Waals surface area contributed by atoms with Crippen LogP contribution >= 0.6 is 0 Å². The maximum Gasteiger partial charge on any atom is 0.225 e. The average molecular weight is 326 g/mol. The minimum Gasteiger partial charge on any atom is -0.494 e. The summed E-state index contributed by atoms with van der Waals surface area (Å²) in [5.41, 5.74) is 1.90. The number of anilines is 1. The Kier molecular flexibility index (Phi) is 6.38. The molecule has 24 heavy (non-hydrogen) atoms.